The van der Waals surface area contributed by atoms with Crippen molar-refractivity contribution in [2.45, 2.75) is 98.3 Å². The molecule has 0 saturated carbocycles. The van der Waals surface area contributed by atoms with Gasteiger partial charge in [-0.1, -0.05) is 56.6 Å². The topological polar surface area (TPSA) is 123 Å². The van der Waals surface area contributed by atoms with Gasteiger partial charge < -0.3 is 15.7 Å². The summed E-state index contributed by atoms with van der Waals surface area (Å²) in [4.78, 5) is 37.7. The highest BCUT2D eigenvalue weighted by Crippen LogP contribution is 2.42. The van der Waals surface area contributed by atoms with Gasteiger partial charge in [0.2, 0.25) is 0 Å². The van der Waals surface area contributed by atoms with Crippen molar-refractivity contribution in [3.05, 3.63) is 51.6 Å². The van der Waals surface area contributed by atoms with E-state index in [4.69, 9.17) is 0 Å². The van der Waals surface area contributed by atoms with Crippen molar-refractivity contribution in [1.82, 2.24) is 0 Å². The number of hydrogen-bond acceptors (Lipinski definition) is 5. The molecule has 214 valence electrons. The van der Waals surface area contributed by atoms with E-state index >= 15 is 0 Å². The van der Waals surface area contributed by atoms with E-state index in [-0.39, 0.29) is 62.2 Å². The van der Waals surface area contributed by atoms with Gasteiger partial charge in [0.1, 0.15) is 17.3 Å². The first-order valence-electron chi connectivity index (χ1n) is 14.0. The number of phenolic OH excluding ortho intramolecular Hbond substituents is 1. The van der Waals surface area contributed by atoms with Crippen LogP contribution in [0.3, 0.4) is 0 Å². The molecule has 0 fully saturated rings. The third-order valence-electron chi connectivity index (χ3n) is 8.12. The minimum Gasteiger partial charge on any atom is -0.507 e. The number of rotatable bonds is 13. The van der Waals surface area contributed by atoms with Gasteiger partial charge in [-0.25, -0.2) is 0 Å². The van der Waals surface area contributed by atoms with Crippen molar-refractivity contribution in [2.75, 3.05) is 6.61 Å². The maximum absolute atomic E-state index is 13.5. The number of aryl methyl sites for hydroxylation is 1. The molecule has 0 heterocycles. The fraction of sp³-hybridized carbons (Fsp3) is 0.594. The van der Waals surface area contributed by atoms with Gasteiger partial charge >= 0.3 is 0 Å². The maximum Gasteiger partial charge on any atom is 0.167 e. The smallest absolute Gasteiger partial charge is 0.167 e. The average Bonchev–Trinajstić information content (AvgIpc) is 3.23. The van der Waals surface area contributed by atoms with Crippen molar-refractivity contribution < 1.29 is 32.9 Å². The van der Waals surface area contributed by atoms with Crippen LogP contribution >= 0.6 is 0 Å². The number of benzene rings is 1. The third-order valence-corrected chi connectivity index (χ3v) is 8.12. The molecule has 0 saturated heterocycles. The zero-order chi connectivity index (χ0) is 27.3. The van der Waals surface area contributed by atoms with Crippen LogP contribution in [0.4, 0.5) is 0 Å². The molecule has 0 radical (unpaired) electrons. The monoisotopic (exact) mass is 530 g/mol. The number of fused-ring (bicyclic) bond motifs is 1. The molecule has 0 amide bonds. The molecule has 3 rings (SSSR count). The van der Waals surface area contributed by atoms with Gasteiger partial charge in [-0.3, -0.25) is 14.4 Å². The Hall–Kier alpha value is -2.57. The highest BCUT2D eigenvalue weighted by molar-refractivity contribution is 6.02. The lowest BCUT2D eigenvalue weighted by molar-refractivity contribution is -0.130. The van der Waals surface area contributed by atoms with Crippen molar-refractivity contribution in [3.8, 4) is 5.75 Å². The molecule has 3 atom stereocenters. The largest absolute Gasteiger partial charge is 0.507 e. The van der Waals surface area contributed by atoms with Crippen LogP contribution in [-0.2, 0) is 22.4 Å². The van der Waals surface area contributed by atoms with E-state index in [1.165, 1.54) is 18.1 Å². The van der Waals surface area contributed by atoms with Crippen LogP contribution < -0.4 is 0 Å². The Bertz CT molecular complexity index is 1110. The maximum atomic E-state index is 13.5. The Morgan fingerprint density at radius 3 is 2.45 bits per heavy atom. The van der Waals surface area contributed by atoms with Crippen molar-refractivity contribution in [2.24, 2.45) is 17.8 Å². The Kier molecular flexibility index (Phi) is 11.7. The first kappa shape index (κ1) is 31.6. The number of carbonyl (C=O) groups excluding carboxylic acids is 3. The van der Waals surface area contributed by atoms with Crippen LogP contribution in [0.5, 0.6) is 5.75 Å². The molecule has 4 N–H and O–H groups in total. The number of hydrogen-bond donors (Lipinski definition) is 2. The minimum absolute atomic E-state index is 0. The van der Waals surface area contributed by atoms with Gasteiger partial charge in [0.05, 0.1) is 18.6 Å². The summed E-state index contributed by atoms with van der Waals surface area (Å²) in [6.07, 6.45) is 10.1. The number of Topliss-reactive ketones (excluding diaryl/α,β-unsaturated/α-hetero) is 3. The second kappa shape index (κ2) is 14.0. The summed E-state index contributed by atoms with van der Waals surface area (Å²) in [6, 6.07) is 2.10. The number of ketones is 3. The minimum atomic E-state index is -0.580. The summed E-state index contributed by atoms with van der Waals surface area (Å²) in [5.74, 6) is -0.693. The fourth-order valence-electron chi connectivity index (χ4n) is 6.28. The van der Waals surface area contributed by atoms with Crippen LogP contribution in [0.1, 0.15) is 115 Å². The lowest BCUT2D eigenvalue weighted by atomic mass is 9.71. The third kappa shape index (κ3) is 7.51. The summed E-state index contributed by atoms with van der Waals surface area (Å²) >= 11 is 0. The Morgan fingerprint density at radius 2 is 1.89 bits per heavy atom. The molecular weight excluding hydrogens is 480 g/mol. The van der Waals surface area contributed by atoms with E-state index < -0.39 is 5.92 Å². The van der Waals surface area contributed by atoms with Gasteiger partial charge in [0.25, 0.3) is 0 Å². The molecule has 1 aromatic rings. The number of allylic oxidation sites excluding steroid dienone is 4. The highest BCUT2D eigenvalue weighted by atomic mass is 16.3. The van der Waals surface area contributed by atoms with Crippen molar-refractivity contribution >= 4 is 17.3 Å². The quantitative estimate of drug-likeness (QED) is 0.298. The normalized spacial score (nSPS) is 18.4. The highest BCUT2D eigenvalue weighted by Gasteiger charge is 2.35. The summed E-state index contributed by atoms with van der Waals surface area (Å²) in [5, 5.41) is 21.2. The van der Waals surface area contributed by atoms with Crippen LogP contribution in [0, 0.1) is 17.8 Å². The lowest BCUT2D eigenvalue weighted by Gasteiger charge is -2.33. The zero-order valence-corrected chi connectivity index (χ0v) is 23.7. The number of aliphatic hydroxyl groups is 1. The molecule has 0 spiro atoms. The lowest BCUT2D eigenvalue weighted by Crippen LogP contribution is -2.32. The molecule has 2 aliphatic rings. The molecule has 38 heavy (non-hydrogen) atoms. The van der Waals surface area contributed by atoms with Crippen LogP contribution in [0.2, 0.25) is 0 Å². The van der Waals surface area contributed by atoms with Gasteiger partial charge in [-0.05, 0) is 86.8 Å². The zero-order valence-electron chi connectivity index (χ0n) is 23.7. The van der Waals surface area contributed by atoms with Gasteiger partial charge in [0.15, 0.2) is 5.78 Å². The van der Waals surface area contributed by atoms with Gasteiger partial charge in [-0.15, -0.1) is 0 Å². The summed E-state index contributed by atoms with van der Waals surface area (Å²) in [5.41, 5.74) is 6.03. The molecule has 1 aromatic carbocycles. The predicted molar refractivity (Wildman–Crippen MR) is 155 cm³/mol. The molecule has 2 aliphatic carbocycles. The van der Waals surface area contributed by atoms with Crippen molar-refractivity contribution in [1.29, 1.82) is 0 Å². The Labute approximate surface area is 230 Å². The standard InChI is InChI=1S/C32H44O5.H2O.2H2/c1-6-7-24(28(18-33)29(35)13-21(5)34)14-23-15-27-26(19(2)3)17-25(32(37)31(27)30(36)16-23)11-10-22-9-8-20(4)12-22;;;/h8,12,17,19,23-24,28,33,37H,6-7,9-11,13-16,18H2,1-5H3;1H2;2*1H. The first-order chi connectivity index (χ1) is 17.5. The SMILES string of the molecule is CCCC(CC1CC(=O)c2c(O)c(CCC3=CC(C)=CC3)cc(C(C)C)c2C1)C(CO)C(=O)CC(C)=O.O.[HH].[HH]. The van der Waals surface area contributed by atoms with Gasteiger partial charge in [-0.2, -0.15) is 0 Å². The van der Waals surface area contributed by atoms with Crippen LogP contribution in [0.25, 0.3) is 0 Å². The fourth-order valence-corrected chi connectivity index (χ4v) is 6.28. The molecule has 6 nitrogen and oxygen atoms in total. The second-order valence-electron chi connectivity index (χ2n) is 11.6. The Morgan fingerprint density at radius 1 is 1.18 bits per heavy atom. The van der Waals surface area contributed by atoms with E-state index in [2.05, 4.69) is 39.0 Å². The van der Waals surface area contributed by atoms with E-state index in [9.17, 15) is 24.6 Å². The number of aromatic hydroxyl groups is 1. The van der Waals surface area contributed by atoms with E-state index in [0.29, 0.717) is 31.2 Å². The Balaban J connectivity index is 0.00000507. The van der Waals surface area contributed by atoms with E-state index in [1.807, 2.05) is 6.92 Å². The molecule has 6 heteroatoms. The molecule has 0 aliphatic heterocycles. The summed E-state index contributed by atoms with van der Waals surface area (Å²) in [6.45, 7) is 9.52. The average molecular weight is 531 g/mol. The summed E-state index contributed by atoms with van der Waals surface area (Å²) < 4.78 is 0. The second-order valence-corrected chi connectivity index (χ2v) is 11.6. The number of aliphatic hydroxyl groups excluding tert-OH is 1. The van der Waals surface area contributed by atoms with E-state index in [1.54, 1.807) is 0 Å². The van der Waals surface area contributed by atoms with E-state index in [0.717, 1.165) is 42.4 Å². The number of phenols is 1. The first-order valence-corrected chi connectivity index (χ1v) is 14.0. The molecular formula is C32H50O6. The van der Waals surface area contributed by atoms with Gasteiger partial charge in [0, 0.05) is 15.2 Å². The summed E-state index contributed by atoms with van der Waals surface area (Å²) in [7, 11) is 0. The number of carbonyl (C=O) groups is 3. The van der Waals surface area contributed by atoms with Crippen LogP contribution in [0.15, 0.2) is 29.4 Å². The predicted octanol–water partition coefficient (Wildman–Crippen LogP) is 6.10. The molecule has 0 aromatic heterocycles. The molecule has 3 unspecified atom stereocenters. The van der Waals surface area contributed by atoms with Crippen molar-refractivity contribution in [3.63, 3.8) is 0 Å². The van der Waals surface area contributed by atoms with Crippen LogP contribution in [-0.4, -0.2) is 39.6 Å². The molecule has 0 bridgehead atoms.